The van der Waals surface area contributed by atoms with Crippen LogP contribution in [-0.4, -0.2) is 58.4 Å². The highest BCUT2D eigenvalue weighted by molar-refractivity contribution is 6.05. The van der Waals surface area contributed by atoms with Gasteiger partial charge in [-0.05, 0) is 80.9 Å². The standard InChI is InChI=1S/C26H29FN6O3/c1-17-15-20(9-10-21(17)31-25(35)18-5-7-19(27)8-6-18)33-16-30-22(23(33)24(28)34)26(36)29-11-14-32-12-3-2-4-13-32/h5-10,15-16H,2-4,11-14H2,1H3,(H2,28,34)(H,29,36)(H,31,35). The number of hydrogen-bond donors (Lipinski definition) is 3. The van der Waals surface area contributed by atoms with Gasteiger partial charge < -0.3 is 21.3 Å². The lowest BCUT2D eigenvalue weighted by Crippen LogP contribution is -2.38. The Bertz CT molecular complexity index is 1270. The predicted octanol–water partition coefficient (Wildman–Crippen LogP) is 2.89. The van der Waals surface area contributed by atoms with E-state index in [1.165, 1.54) is 41.6 Å². The molecule has 0 atom stereocenters. The van der Waals surface area contributed by atoms with Gasteiger partial charge in [0.2, 0.25) is 0 Å². The van der Waals surface area contributed by atoms with Crippen molar-refractivity contribution in [2.75, 3.05) is 31.5 Å². The smallest absolute Gasteiger partial charge is 0.272 e. The molecular formula is C26H29FN6O3. The van der Waals surface area contributed by atoms with Crippen LogP contribution >= 0.6 is 0 Å². The molecule has 4 rings (SSSR count). The number of benzene rings is 2. The molecule has 0 bridgehead atoms. The van der Waals surface area contributed by atoms with Crippen molar-refractivity contribution in [2.24, 2.45) is 5.73 Å². The number of anilines is 1. The summed E-state index contributed by atoms with van der Waals surface area (Å²) in [4.78, 5) is 44.0. The maximum Gasteiger partial charge on any atom is 0.272 e. The highest BCUT2D eigenvalue weighted by Crippen LogP contribution is 2.22. The number of nitrogens with zero attached hydrogens (tertiary/aromatic N) is 3. The van der Waals surface area contributed by atoms with Crippen LogP contribution in [0, 0.1) is 12.7 Å². The molecule has 1 aromatic heterocycles. The number of rotatable bonds is 8. The minimum Gasteiger partial charge on any atom is -0.364 e. The van der Waals surface area contributed by atoms with E-state index in [1.807, 2.05) is 0 Å². The second-order valence-electron chi connectivity index (χ2n) is 8.79. The zero-order valence-electron chi connectivity index (χ0n) is 20.1. The van der Waals surface area contributed by atoms with Gasteiger partial charge in [-0.2, -0.15) is 0 Å². The predicted molar refractivity (Wildman–Crippen MR) is 134 cm³/mol. The Morgan fingerprint density at radius 1 is 1.03 bits per heavy atom. The average Bonchev–Trinajstić information content (AvgIpc) is 3.32. The molecule has 9 nitrogen and oxygen atoms in total. The minimum absolute atomic E-state index is 0.0204. The van der Waals surface area contributed by atoms with Crippen LogP contribution in [0.4, 0.5) is 10.1 Å². The zero-order chi connectivity index (χ0) is 25.7. The highest BCUT2D eigenvalue weighted by Gasteiger charge is 2.23. The van der Waals surface area contributed by atoms with Crippen molar-refractivity contribution >= 4 is 23.4 Å². The molecule has 36 heavy (non-hydrogen) atoms. The second kappa shape index (κ2) is 11.1. The van der Waals surface area contributed by atoms with Crippen molar-refractivity contribution in [3.63, 3.8) is 0 Å². The van der Waals surface area contributed by atoms with E-state index in [9.17, 15) is 18.8 Å². The van der Waals surface area contributed by atoms with Crippen molar-refractivity contribution < 1.29 is 18.8 Å². The van der Waals surface area contributed by atoms with Gasteiger partial charge in [0.15, 0.2) is 5.69 Å². The lowest BCUT2D eigenvalue weighted by atomic mass is 10.1. The van der Waals surface area contributed by atoms with Crippen LogP contribution in [0.3, 0.4) is 0 Å². The van der Waals surface area contributed by atoms with E-state index in [0.717, 1.165) is 32.5 Å². The number of hydrogen-bond acceptors (Lipinski definition) is 5. The average molecular weight is 493 g/mol. The third-order valence-electron chi connectivity index (χ3n) is 6.22. The molecule has 1 saturated heterocycles. The van der Waals surface area contributed by atoms with E-state index in [2.05, 4.69) is 20.5 Å². The Labute approximate surface area is 208 Å². The number of nitrogens with one attached hydrogen (secondary N) is 2. The van der Waals surface area contributed by atoms with Crippen LogP contribution in [0.2, 0.25) is 0 Å². The van der Waals surface area contributed by atoms with Crippen LogP contribution in [0.5, 0.6) is 0 Å². The third-order valence-corrected chi connectivity index (χ3v) is 6.22. The number of halogens is 1. The molecule has 4 N–H and O–H groups in total. The minimum atomic E-state index is -0.778. The number of amides is 3. The molecule has 0 unspecified atom stereocenters. The van der Waals surface area contributed by atoms with Crippen LogP contribution in [-0.2, 0) is 0 Å². The van der Waals surface area contributed by atoms with Gasteiger partial charge in [-0.3, -0.25) is 19.0 Å². The Morgan fingerprint density at radius 3 is 2.42 bits per heavy atom. The van der Waals surface area contributed by atoms with Gasteiger partial charge in [0, 0.05) is 30.0 Å². The Hall–Kier alpha value is -4.05. The quantitative estimate of drug-likeness (QED) is 0.446. The normalized spacial score (nSPS) is 13.8. The first-order valence-electron chi connectivity index (χ1n) is 11.9. The van der Waals surface area contributed by atoms with Gasteiger partial charge in [-0.15, -0.1) is 0 Å². The van der Waals surface area contributed by atoms with E-state index in [-0.39, 0.29) is 17.3 Å². The topological polar surface area (TPSA) is 122 Å². The summed E-state index contributed by atoms with van der Waals surface area (Å²) >= 11 is 0. The highest BCUT2D eigenvalue weighted by atomic mass is 19.1. The van der Waals surface area contributed by atoms with Crippen LogP contribution in [0.1, 0.15) is 56.2 Å². The van der Waals surface area contributed by atoms with E-state index < -0.39 is 17.6 Å². The number of piperidine rings is 1. The number of aromatic nitrogens is 2. The first-order chi connectivity index (χ1) is 17.3. The number of likely N-dealkylation sites (tertiary alicyclic amines) is 1. The molecule has 188 valence electrons. The number of imidazole rings is 1. The van der Waals surface area contributed by atoms with Gasteiger partial charge in [0.25, 0.3) is 17.7 Å². The summed E-state index contributed by atoms with van der Waals surface area (Å²) in [6.45, 7) is 5.03. The summed E-state index contributed by atoms with van der Waals surface area (Å²) in [7, 11) is 0. The van der Waals surface area contributed by atoms with Crippen molar-refractivity contribution in [1.29, 1.82) is 0 Å². The summed E-state index contributed by atoms with van der Waals surface area (Å²) in [6.07, 6.45) is 4.95. The molecule has 2 aromatic carbocycles. The van der Waals surface area contributed by atoms with Crippen molar-refractivity contribution in [2.45, 2.75) is 26.2 Å². The largest absolute Gasteiger partial charge is 0.364 e. The van der Waals surface area contributed by atoms with Crippen LogP contribution in [0.25, 0.3) is 5.69 Å². The lowest BCUT2D eigenvalue weighted by Gasteiger charge is -2.26. The third kappa shape index (κ3) is 5.77. The fraction of sp³-hybridized carbons (Fsp3) is 0.308. The molecule has 0 spiro atoms. The summed E-state index contributed by atoms with van der Waals surface area (Å²) < 4.78 is 14.6. The van der Waals surface area contributed by atoms with Crippen LogP contribution < -0.4 is 16.4 Å². The lowest BCUT2D eigenvalue weighted by molar-refractivity contribution is 0.0924. The fourth-order valence-corrected chi connectivity index (χ4v) is 4.27. The van der Waals surface area contributed by atoms with Crippen LogP contribution in [0.15, 0.2) is 48.8 Å². The second-order valence-corrected chi connectivity index (χ2v) is 8.79. The first-order valence-corrected chi connectivity index (χ1v) is 11.9. The molecule has 1 aliphatic rings. The molecule has 0 radical (unpaired) electrons. The van der Waals surface area contributed by atoms with E-state index in [0.29, 0.717) is 29.0 Å². The number of primary amides is 1. The molecule has 10 heteroatoms. The number of nitrogens with two attached hydrogens (primary N) is 1. The Kier molecular flexibility index (Phi) is 7.74. The molecule has 0 aliphatic carbocycles. The summed E-state index contributed by atoms with van der Waals surface area (Å²) in [5.41, 5.74) is 7.69. The SMILES string of the molecule is Cc1cc(-n2cnc(C(=O)NCCN3CCCCC3)c2C(N)=O)ccc1NC(=O)c1ccc(F)cc1. The zero-order valence-corrected chi connectivity index (χ0v) is 20.1. The van der Waals surface area contributed by atoms with E-state index in [1.54, 1.807) is 25.1 Å². The molecule has 1 fully saturated rings. The van der Waals surface area contributed by atoms with Gasteiger partial charge in [-0.25, -0.2) is 9.37 Å². The number of aryl methyl sites for hydroxylation is 1. The summed E-state index contributed by atoms with van der Waals surface area (Å²) in [6, 6.07) is 10.3. The summed E-state index contributed by atoms with van der Waals surface area (Å²) in [5.74, 6) is -2.04. The maximum atomic E-state index is 13.1. The maximum absolute atomic E-state index is 13.1. The van der Waals surface area contributed by atoms with Gasteiger partial charge in [0.1, 0.15) is 17.8 Å². The molecule has 3 amide bonds. The summed E-state index contributed by atoms with van der Waals surface area (Å²) in [5, 5.41) is 5.62. The first kappa shape index (κ1) is 25.1. The van der Waals surface area contributed by atoms with Crippen molar-refractivity contribution in [1.82, 2.24) is 19.8 Å². The Balaban J connectivity index is 1.48. The van der Waals surface area contributed by atoms with Gasteiger partial charge in [0.05, 0.1) is 0 Å². The Morgan fingerprint density at radius 2 is 1.75 bits per heavy atom. The molecule has 0 saturated carbocycles. The number of carbonyl (C=O) groups is 3. The molecule has 2 heterocycles. The van der Waals surface area contributed by atoms with Crippen molar-refractivity contribution in [3.05, 3.63) is 77.1 Å². The molecule has 1 aliphatic heterocycles. The molecular weight excluding hydrogens is 463 g/mol. The number of carbonyl (C=O) groups excluding carboxylic acids is 3. The van der Waals surface area contributed by atoms with Gasteiger partial charge in [-0.1, -0.05) is 6.42 Å². The van der Waals surface area contributed by atoms with Gasteiger partial charge >= 0.3 is 0 Å². The van der Waals surface area contributed by atoms with E-state index in [4.69, 9.17) is 5.73 Å². The molecule has 3 aromatic rings. The van der Waals surface area contributed by atoms with E-state index >= 15 is 0 Å². The monoisotopic (exact) mass is 492 g/mol. The van der Waals surface area contributed by atoms with Crippen molar-refractivity contribution in [3.8, 4) is 5.69 Å². The fourth-order valence-electron chi connectivity index (χ4n) is 4.27.